The molecule has 0 amide bonds. The Morgan fingerprint density at radius 1 is 1.60 bits per heavy atom. The van der Waals surface area contributed by atoms with Gasteiger partial charge in [0.2, 0.25) is 0 Å². The van der Waals surface area contributed by atoms with E-state index in [2.05, 4.69) is 34.6 Å². The summed E-state index contributed by atoms with van der Waals surface area (Å²) in [6, 6.07) is 2.11. The van der Waals surface area contributed by atoms with Crippen molar-refractivity contribution >= 4 is 17.4 Å². The predicted octanol–water partition coefficient (Wildman–Crippen LogP) is 1.49. The Hall–Kier alpha value is -0.570. The molecule has 0 saturated carbocycles. The van der Waals surface area contributed by atoms with E-state index in [1.54, 1.807) is 11.5 Å². The van der Waals surface area contributed by atoms with Crippen LogP contribution >= 0.6 is 11.5 Å². The highest BCUT2D eigenvalue weighted by atomic mass is 32.1. The zero-order valence-electron chi connectivity index (χ0n) is 6.42. The average Bonchev–Trinajstić information content (AvgIpc) is 2.36. The van der Waals surface area contributed by atoms with Crippen molar-refractivity contribution in [3.8, 4) is 0 Å². The molecule has 1 aromatic rings. The molecule has 3 heteroatoms. The van der Waals surface area contributed by atoms with Gasteiger partial charge in [0, 0.05) is 23.0 Å². The van der Waals surface area contributed by atoms with Crippen LogP contribution in [0, 0.1) is 0 Å². The minimum absolute atomic E-state index is 0.997. The normalized spacial score (nSPS) is 9.80. The summed E-state index contributed by atoms with van der Waals surface area (Å²) >= 11 is 1.74. The molecule has 0 aliphatic rings. The predicted molar refractivity (Wildman–Crippen MR) is 44.4 cm³/mol. The van der Waals surface area contributed by atoms with E-state index in [0.29, 0.717) is 0 Å². The van der Waals surface area contributed by atoms with E-state index in [4.69, 9.17) is 0 Å². The third-order valence-electron chi connectivity index (χ3n) is 1.33. The average molecular weight is 157 g/mol. The maximum atomic E-state index is 3.28. The third-order valence-corrected chi connectivity index (χ3v) is 2.29. The number of nitrogens with zero attached hydrogens (tertiary/aromatic N) is 1. The van der Waals surface area contributed by atoms with Gasteiger partial charge in [0.15, 0.2) is 0 Å². The molecule has 0 atom stereocenters. The van der Waals surface area contributed by atoms with Gasteiger partial charge in [-0.05, 0) is 13.8 Å². The molecule has 0 unspecified atom stereocenters. The molecule has 1 aromatic heterocycles. The molecule has 1 heterocycles. The minimum Gasteiger partial charge on any atom is -0.274 e. The van der Waals surface area contributed by atoms with Gasteiger partial charge in [-0.25, -0.2) is 0 Å². The standard InChI is InChI=1S/C7H12N2S/c1-3-8-7-5-6-10-9(7)4-2/h5-6H,3-4H2,1-2H3/p+1. The van der Waals surface area contributed by atoms with Gasteiger partial charge in [-0.2, -0.15) is 3.96 Å². The maximum absolute atomic E-state index is 3.28. The van der Waals surface area contributed by atoms with E-state index in [9.17, 15) is 0 Å². The maximum Gasteiger partial charge on any atom is 0.286 e. The first kappa shape index (κ1) is 7.54. The molecule has 56 valence electrons. The molecule has 0 aromatic carbocycles. The van der Waals surface area contributed by atoms with Gasteiger partial charge in [0.1, 0.15) is 0 Å². The lowest BCUT2D eigenvalue weighted by Crippen LogP contribution is -2.30. The first-order chi connectivity index (χ1) is 4.88. The van der Waals surface area contributed by atoms with Crippen LogP contribution in [-0.4, -0.2) is 6.54 Å². The van der Waals surface area contributed by atoms with Crippen LogP contribution in [0.25, 0.3) is 0 Å². The number of aromatic nitrogens is 1. The Balaban J connectivity index is 2.70. The van der Waals surface area contributed by atoms with E-state index in [-0.39, 0.29) is 0 Å². The molecule has 0 saturated heterocycles. The Morgan fingerprint density at radius 2 is 2.40 bits per heavy atom. The van der Waals surface area contributed by atoms with E-state index in [0.717, 1.165) is 13.1 Å². The summed E-state index contributed by atoms with van der Waals surface area (Å²) in [6.07, 6.45) is 0. The first-order valence-electron chi connectivity index (χ1n) is 3.60. The van der Waals surface area contributed by atoms with E-state index < -0.39 is 0 Å². The summed E-state index contributed by atoms with van der Waals surface area (Å²) < 4.78 is 2.23. The Morgan fingerprint density at radius 3 is 3.00 bits per heavy atom. The summed E-state index contributed by atoms with van der Waals surface area (Å²) in [4.78, 5) is 0. The van der Waals surface area contributed by atoms with Gasteiger partial charge in [-0.3, -0.25) is 5.32 Å². The van der Waals surface area contributed by atoms with Crippen LogP contribution in [0.4, 0.5) is 5.82 Å². The second kappa shape index (κ2) is 3.56. The van der Waals surface area contributed by atoms with Gasteiger partial charge >= 0.3 is 0 Å². The zero-order chi connectivity index (χ0) is 7.40. The zero-order valence-corrected chi connectivity index (χ0v) is 7.24. The lowest BCUT2D eigenvalue weighted by atomic mass is 10.6. The number of nitrogens with one attached hydrogen (secondary N) is 1. The quantitative estimate of drug-likeness (QED) is 0.657. The number of anilines is 1. The molecule has 0 radical (unpaired) electrons. The lowest BCUT2D eigenvalue weighted by molar-refractivity contribution is -0.610. The molecular weight excluding hydrogens is 144 g/mol. The molecule has 0 spiro atoms. The van der Waals surface area contributed by atoms with E-state index in [1.807, 2.05) is 0 Å². The highest BCUT2D eigenvalue weighted by Crippen LogP contribution is 2.02. The highest BCUT2D eigenvalue weighted by Gasteiger charge is 2.05. The van der Waals surface area contributed by atoms with Gasteiger partial charge in [0.05, 0.1) is 13.1 Å². The van der Waals surface area contributed by atoms with Gasteiger partial charge in [-0.15, -0.1) is 0 Å². The fraction of sp³-hybridized carbons (Fsp3) is 0.571. The van der Waals surface area contributed by atoms with Gasteiger partial charge in [-0.1, -0.05) is 0 Å². The lowest BCUT2D eigenvalue weighted by Gasteiger charge is -1.93. The molecule has 0 fully saturated rings. The molecule has 0 aliphatic heterocycles. The Kier molecular flexibility index (Phi) is 2.68. The van der Waals surface area contributed by atoms with Crippen molar-refractivity contribution in [3.05, 3.63) is 11.4 Å². The summed E-state index contributed by atoms with van der Waals surface area (Å²) in [6.45, 7) is 6.31. The van der Waals surface area contributed by atoms with Crippen LogP contribution in [0.1, 0.15) is 13.8 Å². The van der Waals surface area contributed by atoms with Crippen molar-refractivity contribution in [2.45, 2.75) is 20.4 Å². The number of aryl methyl sites for hydroxylation is 1. The SMILES string of the molecule is CCNc1ccs[n+]1CC. The summed E-state index contributed by atoms with van der Waals surface area (Å²) in [5.41, 5.74) is 0. The van der Waals surface area contributed by atoms with Crippen LogP contribution < -0.4 is 9.27 Å². The smallest absolute Gasteiger partial charge is 0.274 e. The van der Waals surface area contributed by atoms with E-state index >= 15 is 0 Å². The highest BCUT2D eigenvalue weighted by molar-refractivity contribution is 6.99. The van der Waals surface area contributed by atoms with Crippen molar-refractivity contribution in [1.29, 1.82) is 0 Å². The number of hydrogen-bond donors (Lipinski definition) is 1. The van der Waals surface area contributed by atoms with Crippen LogP contribution in [0.3, 0.4) is 0 Å². The van der Waals surface area contributed by atoms with Gasteiger partial charge in [0.25, 0.3) is 5.82 Å². The second-order valence-electron chi connectivity index (χ2n) is 2.02. The fourth-order valence-corrected chi connectivity index (χ4v) is 1.61. The molecule has 1 N–H and O–H groups in total. The topological polar surface area (TPSA) is 15.9 Å². The van der Waals surface area contributed by atoms with Crippen LogP contribution in [0.15, 0.2) is 11.4 Å². The van der Waals surface area contributed by atoms with Crippen molar-refractivity contribution in [1.82, 2.24) is 0 Å². The molecule has 2 nitrogen and oxygen atoms in total. The summed E-state index contributed by atoms with van der Waals surface area (Å²) in [5, 5.41) is 5.38. The largest absolute Gasteiger partial charge is 0.286 e. The molecule has 10 heavy (non-hydrogen) atoms. The summed E-state index contributed by atoms with van der Waals surface area (Å²) in [7, 11) is 0. The molecular formula is C7H13N2S+. The molecule has 1 rings (SSSR count). The van der Waals surface area contributed by atoms with Crippen molar-refractivity contribution in [2.75, 3.05) is 11.9 Å². The van der Waals surface area contributed by atoms with Crippen molar-refractivity contribution < 1.29 is 3.96 Å². The first-order valence-corrected chi connectivity index (χ1v) is 4.43. The monoisotopic (exact) mass is 157 g/mol. The Labute approximate surface area is 65.7 Å². The molecule has 0 bridgehead atoms. The third kappa shape index (κ3) is 1.48. The van der Waals surface area contributed by atoms with Crippen molar-refractivity contribution in [2.24, 2.45) is 0 Å². The number of hydrogen-bond acceptors (Lipinski definition) is 2. The minimum atomic E-state index is 0.997. The molecule has 0 aliphatic carbocycles. The fourth-order valence-electron chi connectivity index (χ4n) is 0.881. The Bertz CT molecular complexity index is 195. The van der Waals surface area contributed by atoms with Crippen molar-refractivity contribution in [3.63, 3.8) is 0 Å². The summed E-state index contributed by atoms with van der Waals surface area (Å²) in [5.74, 6) is 1.23. The van der Waals surface area contributed by atoms with E-state index in [1.165, 1.54) is 5.82 Å². The number of rotatable bonds is 3. The second-order valence-corrected chi connectivity index (χ2v) is 2.94. The van der Waals surface area contributed by atoms with Crippen LogP contribution in [-0.2, 0) is 6.54 Å². The van der Waals surface area contributed by atoms with Gasteiger partial charge < -0.3 is 0 Å². The van der Waals surface area contributed by atoms with Crippen LogP contribution in [0.5, 0.6) is 0 Å². The van der Waals surface area contributed by atoms with Crippen LogP contribution in [0.2, 0.25) is 0 Å².